The SMILES string of the molecule is CCNC(=NCc1ccc(OC)c(F)c1)NC1CCN(C(=O)C(C)C)C1. The van der Waals surface area contributed by atoms with Crippen molar-refractivity contribution in [2.24, 2.45) is 10.9 Å². The van der Waals surface area contributed by atoms with Gasteiger partial charge in [-0.25, -0.2) is 9.38 Å². The van der Waals surface area contributed by atoms with Crippen LogP contribution in [0.25, 0.3) is 0 Å². The molecular formula is C19H29FN4O2. The summed E-state index contributed by atoms with van der Waals surface area (Å²) >= 11 is 0. The number of aliphatic imine (C=N–C) groups is 1. The van der Waals surface area contributed by atoms with Crippen LogP contribution in [0.2, 0.25) is 0 Å². The van der Waals surface area contributed by atoms with E-state index in [4.69, 9.17) is 4.74 Å². The van der Waals surface area contributed by atoms with Gasteiger partial charge in [-0.1, -0.05) is 19.9 Å². The molecule has 1 fully saturated rings. The fourth-order valence-electron chi connectivity index (χ4n) is 2.94. The molecule has 0 aliphatic carbocycles. The fourth-order valence-corrected chi connectivity index (χ4v) is 2.94. The zero-order valence-corrected chi connectivity index (χ0v) is 16.0. The highest BCUT2D eigenvalue weighted by molar-refractivity contribution is 5.81. The summed E-state index contributed by atoms with van der Waals surface area (Å²) in [7, 11) is 1.44. The number of amides is 1. The van der Waals surface area contributed by atoms with Crippen LogP contribution in [0.5, 0.6) is 5.75 Å². The third-order valence-electron chi connectivity index (χ3n) is 4.31. The van der Waals surface area contributed by atoms with Gasteiger partial charge in [0.05, 0.1) is 13.7 Å². The largest absolute Gasteiger partial charge is 0.494 e. The number of methoxy groups -OCH3 is 1. The van der Waals surface area contributed by atoms with E-state index >= 15 is 0 Å². The van der Waals surface area contributed by atoms with Crippen molar-refractivity contribution < 1.29 is 13.9 Å². The van der Waals surface area contributed by atoms with Crippen LogP contribution in [0, 0.1) is 11.7 Å². The van der Waals surface area contributed by atoms with Crippen LogP contribution in [0.1, 0.15) is 32.8 Å². The molecule has 1 heterocycles. The maximum atomic E-state index is 13.8. The molecule has 0 radical (unpaired) electrons. The normalized spacial score (nSPS) is 17.5. The van der Waals surface area contributed by atoms with Gasteiger partial charge in [0.25, 0.3) is 0 Å². The van der Waals surface area contributed by atoms with Crippen molar-refractivity contribution in [3.8, 4) is 5.75 Å². The summed E-state index contributed by atoms with van der Waals surface area (Å²) in [6, 6.07) is 5.01. The van der Waals surface area contributed by atoms with Crippen LogP contribution < -0.4 is 15.4 Å². The highest BCUT2D eigenvalue weighted by atomic mass is 19.1. The number of carbonyl (C=O) groups excluding carboxylic acids is 1. The predicted molar refractivity (Wildman–Crippen MR) is 101 cm³/mol. The first kappa shape index (κ1) is 20.0. The highest BCUT2D eigenvalue weighted by Crippen LogP contribution is 2.18. The van der Waals surface area contributed by atoms with Crippen LogP contribution in [-0.4, -0.2) is 49.6 Å². The topological polar surface area (TPSA) is 66.0 Å². The van der Waals surface area contributed by atoms with Crippen LogP contribution in [-0.2, 0) is 11.3 Å². The highest BCUT2D eigenvalue weighted by Gasteiger charge is 2.27. The van der Waals surface area contributed by atoms with Crippen molar-refractivity contribution in [3.05, 3.63) is 29.6 Å². The number of hydrogen-bond acceptors (Lipinski definition) is 3. The van der Waals surface area contributed by atoms with Crippen LogP contribution in [0.3, 0.4) is 0 Å². The Hall–Kier alpha value is -2.31. The first-order valence-corrected chi connectivity index (χ1v) is 9.10. The first-order chi connectivity index (χ1) is 12.4. The number of guanidine groups is 1. The molecule has 0 saturated carbocycles. The molecule has 1 amide bonds. The molecule has 2 rings (SSSR count). The summed E-state index contributed by atoms with van der Waals surface area (Å²) in [5, 5.41) is 6.58. The summed E-state index contributed by atoms with van der Waals surface area (Å²) in [4.78, 5) is 18.5. The second kappa shape index (κ2) is 9.40. The molecule has 0 spiro atoms. The Kier molecular flexibility index (Phi) is 7.24. The Morgan fingerprint density at radius 3 is 2.85 bits per heavy atom. The van der Waals surface area contributed by atoms with Crippen molar-refractivity contribution in [2.75, 3.05) is 26.7 Å². The summed E-state index contributed by atoms with van der Waals surface area (Å²) in [6.07, 6.45) is 0.889. The van der Waals surface area contributed by atoms with Gasteiger partial charge in [0, 0.05) is 31.6 Å². The number of rotatable bonds is 6. The number of ether oxygens (including phenoxy) is 1. The van der Waals surface area contributed by atoms with E-state index in [0.29, 0.717) is 19.0 Å². The third kappa shape index (κ3) is 5.34. The second-order valence-corrected chi connectivity index (χ2v) is 6.73. The number of nitrogens with zero attached hydrogens (tertiary/aromatic N) is 2. The number of halogens is 1. The standard InChI is InChI=1S/C19H29FN4O2/c1-5-21-19(22-11-14-6-7-17(26-4)16(20)10-14)23-15-8-9-24(12-15)18(25)13(2)3/h6-7,10,13,15H,5,8-9,11-12H2,1-4H3,(H2,21,22,23). The van der Waals surface area contributed by atoms with E-state index < -0.39 is 5.82 Å². The van der Waals surface area contributed by atoms with Crippen molar-refractivity contribution in [1.29, 1.82) is 0 Å². The summed E-state index contributed by atoms with van der Waals surface area (Å²) in [5.74, 6) is 0.707. The van der Waals surface area contributed by atoms with Crippen LogP contribution >= 0.6 is 0 Å². The third-order valence-corrected chi connectivity index (χ3v) is 4.31. The lowest BCUT2D eigenvalue weighted by Crippen LogP contribution is -2.45. The van der Waals surface area contributed by atoms with Gasteiger partial charge in [-0.15, -0.1) is 0 Å². The van der Waals surface area contributed by atoms with Crippen molar-refractivity contribution in [3.63, 3.8) is 0 Å². The van der Waals surface area contributed by atoms with E-state index in [2.05, 4.69) is 15.6 Å². The fraction of sp³-hybridized carbons (Fsp3) is 0.579. The quantitative estimate of drug-likeness (QED) is 0.600. The van der Waals surface area contributed by atoms with E-state index in [1.54, 1.807) is 12.1 Å². The van der Waals surface area contributed by atoms with Crippen molar-refractivity contribution in [1.82, 2.24) is 15.5 Å². The molecule has 7 heteroatoms. The molecule has 1 aliphatic rings. The molecule has 1 aromatic rings. The van der Waals surface area contributed by atoms with E-state index in [9.17, 15) is 9.18 Å². The molecule has 1 saturated heterocycles. The molecule has 1 aromatic carbocycles. The van der Waals surface area contributed by atoms with Crippen molar-refractivity contribution in [2.45, 2.75) is 39.8 Å². The molecule has 2 N–H and O–H groups in total. The summed E-state index contributed by atoms with van der Waals surface area (Å²) in [5.41, 5.74) is 0.767. The molecular weight excluding hydrogens is 335 g/mol. The number of nitrogens with one attached hydrogen (secondary N) is 2. The average Bonchev–Trinajstić information content (AvgIpc) is 3.07. The minimum absolute atomic E-state index is 0.0145. The number of benzene rings is 1. The summed E-state index contributed by atoms with van der Waals surface area (Å²) in [6.45, 7) is 8.36. The smallest absolute Gasteiger partial charge is 0.225 e. The van der Waals surface area contributed by atoms with Gasteiger partial charge in [0.2, 0.25) is 5.91 Å². The number of carbonyl (C=O) groups is 1. The van der Waals surface area contributed by atoms with Gasteiger partial charge < -0.3 is 20.3 Å². The van der Waals surface area contributed by atoms with Gasteiger partial charge in [-0.2, -0.15) is 0 Å². The molecule has 1 unspecified atom stereocenters. The Bertz CT molecular complexity index is 648. The van der Waals surface area contributed by atoms with Gasteiger partial charge >= 0.3 is 0 Å². The average molecular weight is 364 g/mol. The minimum Gasteiger partial charge on any atom is -0.494 e. The van der Waals surface area contributed by atoms with E-state index in [0.717, 1.165) is 25.1 Å². The van der Waals surface area contributed by atoms with Crippen molar-refractivity contribution >= 4 is 11.9 Å². The Morgan fingerprint density at radius 1 is 1.46 bits per heavy atom. The molecule has 1 atom stereocenters. The van der Waals surface area contributed by atoms with Gasteiger partial charge in [-0.05, 0) is 31.0 Å². The lowest BCUT2D eigenvalue weighted by Gasteiger charge is -2.20. The molecule has 26 heavy (non-hydrogen) atoms. The molecule has 0 bridgehead atoms. The van der Waals surface area contributed by atoms with Crippen LogP contribution in [0.15, 0.2) is 23.2 Å². The number of likely N-dealkylation sites (tertiary alicyclic amines) is 1. The van der Waals surface area contributed by atoms with Gasteiger partial charge in [-0.3, -0.25) is 4.79 Å². The second-order valence-electron chi connectivity index (χ2n) is 6.73. The maximum Gasteiger partial charge on any atom is 0.225 e. The Balaban J connectivity index is 1.97. The first-order valence-electron chi connectivity index (χ1n) is 9.10. The number of hydrogen-bond donors (Lipinski definition) is 2. The van der Waals surface area contributed by atoms with E-state index in [1.807, 2.05) is 25.7 Å². The zero-order chi connectivity index (χ0) is 19.1. The predicted octanol–water partition coefficient (Wildman–Crippen LogP) is 2.15. The molecule has 6 nitrogen and oxygen atoms in total. The monoisotopic (exact) mass is 364 g/mol. The zero-order valence-electron chi connectivity index (χ0n) is 16.0. The minimum atomic E-state index is -0.392. The molecule has 144 valence electrons. The lowest BCUT2D eigenvalue weighted by atomic mass is 10.2. The molecule has 1 aliphatic heterocycles. The van der Waals surface area contributed by atoms with Gasteiger partial charge in [0.1, 0.15) is 0 Å². The summed E-state index contributed by atoms with van der Waals surface area (Å²) < 4.78 is 18.7. The van der Waals surface area contributed by atoms with E-state index in [-0.39, 0.29) is 23.6 Å². The lowest BCUT2D eigenvalue weighted by molar-refractivity contribution is -0.133. The maximum absolute atomic E-state index is 13.8. The molecule has 0 aromatic heterocycles. The van der Waals surface area contributed by atoms with Gasteiger partial charge in [0.15, 0.2) is 17.5 Å². The van der Waals surface area contributed by atoms with Crippen LogP contribution in [0.4, 0.5) is 4.39 Å². The Labute approximate surface area is 154 Å². The Morgan fingerprint density at radius 2 is 2.23 bits per heavy atom. The van der Waals surface area contributed by atoms with E-state index in [1.165, 1.54) is 13.2 Å².